The molecule has 9 nitrogen and oxygen atoms in total. The van der Waals surface area contributed by atoms with Gasteiger partial charge in [0.15, 0.2) is 0 Å². The van der Waals surface area contributed by atoms with Gasteiger partial charge in [0, 0.05) is 39.1 Å². The quantitative estimate of drug-likeness (QED) is 0.437. The minimum absolute atomic E-state index is 0.0314. The van der Waals surface area contributed by atoms with Crippen LogP contribution in [0.3, 0.4) is 0 Å². The standard InChI is InChI=1S/C27H34N2O7/c1-33-23-6-4-5-22(17-23)24(36-19-20-7-9-21(10-8-20)27(32)35-3)18-28-13-15-29(16-14-28)25(30)11-12-26(31)34-2/h4-10,17,24H,11-16,18-19H2,1-3H3. The summed E-state index contributed by atoms with van der Waals surface area (Å²) in [6, 6.07) is 15.0. The van der Waals surface area contributed by atoms with Crippen molar-refractivity contribution < 1.29 is 33.3 Å². The largest absolute Gasteiger partial charge is 0.497 e. The summed E-state index contributed by atoms with van der Waals surface area (Å²) in [6.07, 6.45) is 0.0424. The first-order chi connectivity index (χ1) is 17.4. The van der Waals surface area contributed by atoms with E-state index in [0.29, 0.717) is 44.9 Å². The molecule has 0 bridgehead atoms. The van der Waals surface area contributed by atoms with Crippen LogP contribution in [0.4, 0.5) is 0 Å². The summed E-state index contributed by atoms with van der Waals surface area (Å²) >= 11 is 0. The average Bonchev–Trinajstić information content (AvgIpc) is 2.93. The first kappa shape index (κ1) is 27.2. The summed E-state index contributed by atoms with van der Waals surface area (Å²) in [4.78, 5) is 39.5. The Labute approximate surface area is 211 Å². The molecule has 1 heterocycles. The van der Waals surface area contributed by atoms with E-state index in [0.717, 1.165) is 16.9 Å². The second-order valence-corrected chi connectivity index (χ2v) is 8.52. The Morgan fingerprint density at radius 3 is 2.25 bits per heavy atom. The molecule has 1 aliphatic rings. The Morgan fingerprint density at radius 1 is 0.889 bits per heavy atom. The van der Waals surface area contributed by atoms with E-state index in [9.17, 15) is 14.4 Å². The van der Waals surface area contributed by atoms with Gasteiger partial charge in [-0.1, -0.05) is 24.3 Å². The van der Waals surface area contributed by atoms with Crippen LogP contribution in [0.15, 0.2) is 48.5 Å². The molecule has 36 heavy (non-hydrogen) atoms. The van der Waals surface area contributed by atoms with Gasteiger partial charge in [0.2, 0.25) is 5.91 Å². The minimum atomic E-state index is -0.375. The topological polar surface area (TPSA) is 94.6 Å². The molecule has 0 spiro atoms. The Balaban J connectivity index is 1.61. The normalized spacial score (nSPS) is 14.7. The molecule has 0 aromatic heterocycles. The summed E-state index contributed by atoms with van der Waals surface area (Å²) in [5, 5.41) is 0. The van der Waals surface area contributed by atoms with Crippen molar-refractivity contribution in [3.05, 3.63) is 65.2 Å². The number of carbonyl (C=O) groups excluding carboxylic acids is 3. The highest BCUT2D eigenvalue weighted by molar-refractivity contribution is 5.89. The van der Waals surface area contributed by atoms with Crippen LogP contribution in [-0.4, -0.2) is 81.7 Å². The van der Waals surface area contributed by atoms with Crippen LogP contribution in [0.5, 0.6) is 5.75 Å². The van der Waals surface area contributed by atoms with Gasteiger partial charge in [-0.05, 0) is 35.4 Å². The molecule has 0 radical (unpaired) electrons. The number of methoxy groups -OCH3 is 3. The van der Waals surface area contributed by atoms with E-state index in [1.165, 1.54) is 14.2 Å². The summed E-state index contributed by atoms with van der Waals surface area (Å²) in [7, 11) is 4.31. The summed E-state index contributed by atoms with van der Waals surface area (Å²) < 4.78 is 21.1. The van der Waals surface area contributed by atoms with Gasteiger partial charge in [-0.3, -0.25) is 14.5 Å². The fraction of sp³-hybridized carbons (Fsp3) is 0.444. The van der Waals surface area contributed by atoms with Crippen molar-refractivity contribution in [2.75, 3.05) is 54.1 Å². The van der Waals surface area contributed by atoms with Crippen molar-refractivity contribution in [3.8, 4) is 5.75 Å². The van der Waals surface area contributed by atoms with Crippen LogP contribution in [0, 0.1) is 0 Å². The Hall–Kier alpha value is -3.43. The fourth-order valence-corrected chi connectivity index (χ4v) is 4.03. The van der Waals surface area contributed by atoms with Crippen LogP contribution in [0.25, 0.3) is 0 Å². The molecule has 2 aromatic rings. The number of amides is 1. The van der Waals surface area contributed by atoms with Crippen LogP contribution in [0.1, 0.15) is 40.4 Å². The number of piperazine rings is 1. The van der Waals surface area contributed by atoms with Gasteiger partial charge >= 0.3 is 11.9 Å². The molecule has 1 unspecified atom stereocenters. The van der Waals surface area contributed by atoms with Gasteiger partial charge < -0.3 is 23.8 Å². The molecular weight excluding hydrogens is 464 g/mol. The van der Waals surface area contributed by atoms with Crippen molar-refractivity contribution in [2.24, 2.45) is 0 Å². The van der Waals surface area contributed by atoms with Gasteiger partial charge in [-0.25, -0.2) is 4.79 Å². The zero-order valence-electron chi connectivity index (χ0n) is 21.1. The number of esters is 2. The minimum Gasteiger partial charge on any atom is -0.497 e. The molecule has 0 saturated carbocycles. The van der Waals surface area contributed by atoms with E-state index in [4.69, 9.17) is 14.2 Å². The highest BCUT2D eigenvalue weighted by Gasteiger charge is 2.25. The molecule has 2 aromatic carbocycles. The maximum Gasteiger partial charge on any atom is 0.337 e. The van der Waals surface area contributed by atoms with Crippen LogP contribution < -0.4 is 4.74 Å². The highest BCUT2D eigenvalue weighted by atomic mass is 16.5. The van der Waals surface area contributed by atoms with E-state index in [1.54, 1.807) is 24.1 Å². The Kier molecular flexibility index (Phi) is 10.3. The third kappa shape index (κ3) is 7.79. The zero-order valence-corrected chi connectivity index (χ0v) is 21.1. The highest BCUT2D eigenvalue weighted by Crippen LogP contribution is 2.25. The summed E-state index contributed by atoms with van der Waals surface area (Å²) in [6.45, 7) is 3.63. The first-order valence-corrected chi connectivity index (χ1v) is 11.9. The van der Waals surface area contributed by atoms with Crippen molar-refractivity contribution in [1.29, 1.82) is 0 Å². The van der Waals surface area contributed by atoms with Crippen molar-refractivity contribution in [3.63, 3.8) is 0 Å². The second-order valence-electron chi connectivity index (χ2n) is 8.52. The average molecular weight is 499 g/mol. The lowest BCUT2D eigenvalue weighted by Gasteiger charge is -2.36. The third-order valence-corrected chi connectivity index (χ3v) is 6.21. The summed E-state index contributed by atoms with van der Waals surface area (Å²) in [5.41, 5.74) is 2.43. The molecule has 0 aliphatic carbocycles. The molecular formula is C27H34N2O7. The maximum absolute atomic E-state index is 12.4. The van der Waals surface area contributed by atoms with E-state index in [2.05, 4.69) is 9.64 Å². The number of benzene rings is 2. The third-order valence-electron chi connectivity index (χ3n) is 6.21. The molecule has 9 heteroatoms. The molecule has 3 rings (SSSR count). The molecule has 1 fully saturated rings. The van der Waals surface area contributed by atoms with E-state index < -0.39 is 0 Å². The molecule has 1 saturated heterocycles. The van der Waals surface area contributed by atoms with Gasteiger partial charge in [0.05, 0.1) is 46.0 Å². The van der Waals surface area contributed by atoms with Crippen LogP contribution in [-0.2, 0) is 30.4 Å². The monoisotopic (exact) mass is 498 g/mol. The Morgan fingerprint density at radius 2 is 1.61 bits per heavy atom. The Bertz CT molecular complexity index is 1020. The van der Waals surface area contributed by atoms with Crippen molar-refractivity contribution in [2.45, 2.75) is 25.6 Å². The number of rotatable bonds is 11. The van der Waals surface area contributed by atoms with Gasteiger partial charge in [0.25, 0.3) is 0 Å². The molecule has 0 N–H and O–H groups in total. The molecule has 194 valence electrons. The lowest BCUT2D eigenvalue weighted by molar-refractivity contribution is -0.144. The number of nitrogens with zero attached hydrogens (tertiary/aromatic N) is 2. The second kappa shape index (κ2) is 13.6. The predicted octanol–water partition coefficient (Wildman–Crippen LogP) is 2.84. The fourth-order valence-electron chi connectivity index (χ4n) is 4.03. The van der Waals surface area contributed by atoms with Gasteiger partial charge in [0.1, 0.15) is 5.75 Å². The number of hydrogen-bond donors (Lipinski definition) is 0. The lowest BCUT2D eigenvalue weighted by atomic mass is 10.1. The smallest absolute Gasteiger partial charge is 0.337 e. The number of ether oxygens (including phenoxy) is 4. The molecule has 1 atom stereocenters. The van der Waals surface area contributed by atoms with E-state index in [-0.39, 0.29) is 36.8 Å². The lowest BCUT2D eigenvalue weighted by Crippen LogP contribution is -2.49. The van der Waals surface area contributed by atoms with Crippen molar-refractivity contribution in [1.82, 2.24) is 9.80 Å². The van der Waals surface area contributed by atoms with Gasteiger partial charge in [-0.2, -0.15) is 0 Å². The molecule has 1 amide bonds. The number of carbonyl (C=O) groups is 3. The predicted molar refractivity (Wildman–Crippen MR) is 133 cm³/mol. The van der Waals surface area contributed by atoms with Crippen LogP contribution >= 0.6 is 0 Å². The maximum atomic E-state index is 12.4. The SMILES string of the molecule is COC(=O)CCC(=O)N1CCN(CC(OCc2ccc(C(=O)OC)cc2)c2cccc(OC)c2)CC1. The van der Waals surface area contributed by atoms with Gasteiger partial charge in [-0.15, -0.1) is 0 Å². The molecule has 1 aliphatic heterocycles. The van der Waals surface area contributed by atoms with E-state index >= 15 is 0 Å². The first-order valence-electron chi connectivity index (χ1n) is 11.9. The van der Waals surface area contributed by atoms with E-state index in [1.807, 2.05) is 36.4 Å². The summed E-state index contributed by atoms with van der Waals surface area (Å²) in [5.74, 6) is -0.0274. The van der Waals surface area contributed by atoms with Crippen LogP contribution in [0.2, 0.25) is 0 Å². The zero-order chi connectivity index (χ0) is 25.9. The van der Waals surface area contributed by atoms with Crippen molar-refractivity contribution >= 4 is 17.8 Å². The number of hydrogen-bond acceptors (Lipinski definition) is 8.